The van der Waals surface area contributed by atoms with Gasteiger partial charge in [-0.25, -0.2) is 0 Å². The van der Waals surface area contributed by atoms with Gasteiger partial charge < -0.3 is 15.8 Å². The summed E-state index contributed by atoms with van der Waals surface area (Å²) in [6.45, 7) is 6.31. The largest absolute Gasteiger partial charge is 0.399 e. The van der Waals surface area contributed by atoms with E-state index in [1.54, 1.807) is 7.11 Å². The number of carbonyl (C=O) groups is 1. The quantitative estimate of drug-likeness (QED) is 0.555. The van der Waals surface area contributed by atoms with Crippen LogP contribution in [0.4, 0.5) is 5.69 Å². The minimum atomic E-state index is 0.0136. The highest BCUT2D eigenvalue weighted by molar-refractivity contribution is 5.78. The molecular formula is C15H25N3O2. The van der Waals surface area contributed by atoms with E-state index in [2.05, 4.69) is 24.1 Å². The van der Waals surface area contributed by atoms with E-state index in [1.807, 2.05) is 24.3 Å². The Kier molecular flexibility index (Phi) is 7.04. The Bertz CT molecular complexity index is 421. The molecule has 0 aliphatic carbocycles. The summed E-state index contributed by atoms with van der Waals surface area (Å²) < 4.78 is 4.91. The maximum atomic E-state index is 11.9. The number of carbonyl (C=O) groups excluding carboxylic acids is 1. The van der Waals surface area contributed by atoms with Gasteiger partial charge in [-0.15, -0.1) is 0 Å². The summed E-state index contributed by atoms with van der Waals surface area (Å²) in [7, 11) is 1.62. The molecule has 1 aromatic carbocycles. The van der Waals surface area contributed by atoms with E-state index in [9.17, 15) is 4.79 Å². The van der Waals surface area contributed by atoms with Gasteiger partial charge in [0, 0.05) is 31.9 Å². The second-order valence-electron chi connectivity index (χ2n) is 5.09. The zero-order chi connectivity index (χ0) is 15.0. The van der Waals surface area contributed by atoms with Crippen molar-refractivity contribution in [1.82, 2.24) is 10.2 Å². The fraction of sp³-hybridized carbons (Fsp3) is 0.533. The third kappa shape index (κ3) is 6.04. The van der Waals surface area contributed by atoms with Gasteiger partial charge in [-0.3, -0.25) is 9.69 Å². The molecule has 5 heteroatoms. The van der Waals surface area contributed by atoms with Crippen LogP contribution in [0, 0.1) is 0 Å². The summed E-state index contributed by atoms with van der Waals surface area (Å²) in [5.74, 6) is 0.0136. The molecule has 0 atom stereocenters. The normalized spacial score (nSPS) is 11.1. The molecule has 5 nitrogen and oxygen atoms in total. The molecule has 112 valence electrons. The van der Waals surface area contributed by atoms with E-state index in [0.29, 0.717) is 26.2 Å². The number of methoxy groups -OCH3 is 1. The summed E-state index contributed by atoms with van der Waals surface area (Å²) in [6, 6.07) is 8.04. The molecule has 0 aliphatic rings. The van der Waals surface area contributed by atoms with Crippen LogP contribution in [0.25, 0.3) is 0 Å². The summed E-state index contributed by atoms with van der Waals surface area (Å²) >= 11 is 0. The Labute approximate surface area is 121 Å². The zero-order valence-electron chi connectivity index (χ0n) is 12.6. The number of nitrogens with two attached hydrogens (primary N) is 1. The van der Waals surface area contributed by atoms with Crippen molar-refractivity contribution in [3.8, 4) is 0 Å². The van der Waals surface area contributed by atoms with Gasteiger partial charge >= 0.3 is 0 Å². The zero-order valence-corrected chi connectivity index (χ0v) is 12.6. The predicted octanol–water partition coefficient (Wildman–Crippen LogP) is 1.24. The van der Waals surface area contributed by atoms with E-state index in [4.69, 9.17) is 10.5 Å². The molecule has 1 amide bonds. The molecule has 0 unspecified atom stereocenters. The number of nitrogens with zero attached hydrogens (tertiary/aromatic N) is 1. The van der Waals surface area contributed by atoms with Crippen LogP contribution >= 0.6 is 0 Å². The molecule has 0 spiro atoms. The third-order valence-corrected chi connectivity index (χ3v) is 3.04. The Hall–Kier alpha value is -1.59. The second kappa shape index (κ2) is 8.55. The van der Waals surface area contributed by atoms with Crippen molar-refractivity contribution in [3.63, 3.8) is 0 Å². The number of amides is 1. The molecule has 1 rings (SSSR count). The monoisotopic (exact) mass is 279 g/mol. The minimum Gasteiger partial charge on any atom is -0.399 e. The van der Waals surface area contributed by atoms with Crippen LogP contribution in [0.3, 0.4) is 0 Å². The molecule has 0 aromatic heterocycles. The van der Waals surface area contributed by atoms with Gasteiger partial charge in [-0.2, -0.15) is 0 Å². The molecule has 1 aromatic rings. The average molecular weight is 279 g/mol. The van der Waals surface area contributed by atoms with Crippen LogP contribution in [-0.4, -0.2) is 43.7 Å². The first-order valence-electron chi connectivity index (χ1n) is 6.87. The number of anilines is 1. The Morgan fingerprint density at radius 1 is 1.45 bits per heavy atom. The fourth-order valence-electron chi connectivity index (χ4n) is 1.88. The molecule has 0 saturated heterocycles. The molecule has 0 radical (unpaired) electrons. The molecule has 20 heavy (non-hydrogen) atoms. The molecule has 0 bridgehead atoms. The van der Waals surface area contributed by atoms with E-state index >= 15 is 0 Å². The SMILES string of the molecule is COCCNC(=O)CN(Cc1cccc(N)c1)C(C)C. The number of ether oxygens (including phenoxy) is 1. The molecule has 3 N–H and O–H groups in total. The first-order valence-corrected chi connectivity index (χ1v) is 6.87. The van der Waals surface area contributed by atoms with Crippen LogP contribution in [0.2, 0.25) is 0 Å². The Balaban J connectivity index is 2.54. The van der Waals surface area contributed by atoms with Gasteiger partial charge in [0.25, 0.3) is 0 Å². The molecule has 0 aliphatic heterocycles. The van der Waals surface area contributed by atoms with E-state index in [0.717, 1.165) is 11.3 Å². The van der Waals surface area contributed by atoms with Gasteiger partial charge in [0.05, 0.1) is 13.2 Å². The van der Waals surface area contributed by atoms with Crippen LogP contribution in [0.1, 0.15) is 19.4 Å². The maximum Gasteiger partial charge on any atom is 0.234 e. The van der Waals surface area contributed by atoms with Gasteiger partial charge in [0.15, 0.2) is 0 Å². The van der Waals surface area contributed by atoms with Crippen molar-refractivity contribution in [2.75, 3.05) is 32.5 Å². The lowest BCUT2D eigenvalue weighted by molar-refractivity contribution is -0.123. The first-order chi connectivity index (χ1) is 9.52. The van der Waals surface area contributed by atoms with Crippen LogP contribution in [0.15, 0.2) is 24.3 Å². The third-order valence-electron chi connectivity index (χ3n) is 3.04. The van der Waals surface area contributed by atoms with E-state index in [1.165, 1.54) is 0 Å². The second-order valence-corrected chi connectivity index (χ2v) is 5.09. The van der Waals surface area contributed by atoms with Crippen LogP contribution < -0.4 is 11.1 Å². The van der Waals surface area contributed by atoms with Gasteiger partial charge in [0.2, 0.25) is 5.91 Å². The summed E-state index contributed by atoms with van der Waals surface area (Å²) in [5, 5.41) is 2.84. The van der Waals surface area contributed by atoms with Crippen molar-refractivity contribution in [3.05, 3.63) is 29.8 Å². The number of benzene rings is 1. The standard InChI is InChI=1S/C15H25N3O2/c1-12(2)18(11-15(19)17-7-8-20-3)10-13-5-4-6-14(16)9-13/h4-6,9,12H,7-8,10-11,16H2,1-3H3,(H,17,19). The highest BCUT2D eigenvalue weighted by atomic mass is 16.5. The highest BCUT2D eigenvalue weighted by Crippen LogP contribution is 2.11. The van der Waals surface area contributed by atoms with E-state index in [-0.39, 0.29) is 11.9 Å². The molecular weight excluding hydrogens is 254 g/mol. The van der Waals surface area contributed by atoms with Crippen molar-refractivity contribution in [1.29, 1.82) is 0 Å². The summed E-state index contributed by atoms with van der Waals surface area (Å²) in [6.07, 6.45) is 0. The summed E-state index contributed by atoms with van der Waals surface area (Å²) in [4.78, 5) is 14.0. The minimum absolute atomic E-state index is 0.0136. The number of hydrogen-bond donors (Lipinski definition) is 2. The van der Waals surface area contributed by atoms with Crippen molar-refractivity contribution < 1.29 is 9.53 Å². The van der Waals surface area contributed by atoms with Gasteiger partial charge in [-0.1, -0.05) is 12.1 Å². The van der Waals surface area contributed by atoms with Gasteiger partial charge in [-0.05, 0) is 31.5 Å². The van der Waals surface area contributed by atoms with Crippen molar-refractivity contribution >= 4 is 11.6 Å². The first kappa shape index (κ1) is 16.5. The van der Waals surface area contributed by atoms with Crippen molar-refractivity contribution in [2.24, 2.45) is 0 Å². The van der Waals surface area contributed by atoms with Gasteiger partial charge in [0.1, 0.15) is 0 Å². The number of rotatable bonds is 8. The predicted molar refractivity (Wildman–Crippen MR) is 81.3 cm³/mol. The molecule has 0 heterocycles. The molecule has 0 fully saturated rings. The fourth-order valence-corrected chi connectivity index (χ4v) is 1.88. The smallest absolute Gasteiger partial charge is 0.234 e. The van der Waals surface area contributed by atoms with Crippen LogP contribution in [0.5, 0.6) is 0 Å². The number of nitrogens with one attached hydrogen (secondary N) is 1. The van der Waals surface area contributed by atoms with E-state index < -0.39 is 0 Å². The maximum absolute atomic E-state index is 11.9. The topological polar surface area (TPSA) is 67.6 Å². The number of hydrogen-bond acceptors (Lipinski definition) is 4. The average Bonchev–Trinajstić information content (AvgIpc) is 2.38. The lowest BCUT2D eigenvalue weighted by Crippen LogP contribution is -2.41. The lowest BCUT2D eigenvalue weighted by atomic mass is 10.1. The molecule has 0 saturated carbocycles. The highest BCUT2D eigenvalue weighted by Gasteiger charge is 2.14. The van der Waals surface area contributed by atoms with Crippen molar-refractivity contribution in [2.45, 2.75) is 26.4 Å². The van der Waals surface area contributed by atoms with Crippen LogP contribution in [-0.2, 0) is 16.1 Å². The summed E-state index contributed by atoms with van der Waals surface area (Å²) in [5.41, 5.74) is 7.64. The lowest BCUT2D eigenvalue weighted by Gasteiger charge is -2.26. The Morgan fingerprint density at radius 3 is 2.80 bits per heavy atom. The Morgan fingerprint density at radius 2 is 2.20 bits per heavy atom. The number of nitrogen functional groups attached to an aromatic ring is 1.